The first-order chi connectivity index (χ1) is 16.4. The van der Waals surface area contributed by atoms with Gasteiger partial charge in [0.2, 0.25) is 11.8 Å². The lowest BCUT2D eigenvalue weighted by Gasteiger charge is -2.32. The molecule has 2 amide bonds. The van der Waals surface area contributed by atoms with Crippen molar-refractivity contribution in [2.75, 3.05) is 6.54 Å². The van der Waals surface area contributed by atoms with Crippen molar-refractivity contribution in [3.63, 3.8) is 0 Å². The molecule has 34 heavy (non-hydrogen) atoms. The molecule has 1 N–H and O–H groups in total. The van der Waals surface area contributed by atoms with Crippen LogP contribution in [-0.2, 0) is 29.0 Å². The molecular weight excluding hydrogens is 491 g/mol. The van der Waals surface area contributed by atoms with E-state index in [4.69, 9.17) is 34.8 Å². The van der Waals surface area contributed by atoms with Crippen LogP contribution in [0.15, 0.2) is 72.8 Å². The number of benzene rings is 3. The van der Waals surface area contributed by atoms with Crippen LogP contribution in [0.2, 0.25) is 15.1 Å². The van der Waals surface area contributed by atoms with Gasteiger partial charge in [0.05, 0.1) is 16.5 Å². The van der Waals surface area contributed by atoms with E-state index in [0.717, 1.165) is 17.5 Å². The quantitative estimate of drug-likeness (QED) is 0.340. The van der Waals surface area contributed by atoms with E-state index >= 15 is 0 Å². The molecule has 7 heteroatoms. The number of hydrogen-bond acceptors (Lipinski definition) is 2. The fourth-order valence-corrected chi connectivity index (χ4v) is 4.18. The van der Waals surface area contributed by atoms with Gasteiger partial charge in [-0.3, -0.25) is 9.59 Å². The predicted molar refractivity (Wildman–Crippen MR) is 139 cm³/mol. The minimum atomic E-state index is -0.710. The highest BCUT2D eigenvalue weighted by Gasteiger charge is 2.30. The van der Waals surface area contributed by atoms with Crippen molar-refractivity contribution in [2.24, 2.45) is 0 Å². The minimum absolute atomic E-state index is 0.0767. The molecule has 0 aliphatic rings. The van der Waals surface area contributed by atoms with Gasteiger partial charge >= 0.3 is 0 Å². The second kappa shape index (κ2) is 12.8. The Balaban J connectivity index is 1.98. The van der Waals surface area contributed by atoms with Gasteiger partial charge in [0.15, 0.2) is 0 Å². The molecule has 3 aromatic rings. The van der Waals surface area contributed by atoms with Crippen molar-refractivity contribution >= 4 is 46.6 Å². The summed E-state index contributed by atoms with van der Waals surface area (Å²) in [6, 6.07) is 21.4. The third-order valence-corrected chi connectivity index (χ3v) is 6.56. The number of carbonyl (C=O) groups excluding carboxylic acids is 2. The van der Waals surface area contributed by atoms with Crippen molar-refractivity contribution in [1.82, 2.24) is 10.2 Å². The summed E-state index contributed by atoms with van der Waals surface area (Å²) >= 11 is 18.7. The van der Waals surface area contributed by atoms with Crippen molar-refractivity contribution in [3.8, 4) is 0 Å². The van der Waals surface area contributed by atoms with Crippen LogP contribution in [0, 0.1) is 0 Å². The molecule has 1 atom stereocenters. The average Bonchev–Trinajstić information content (AvgIpc) is 2.84. The van der Waals surface area contributed by atoms with Gasteiger partial charge in [-0.05, 0) is 41.3 Å². The largest absolute Gasteiger partial charge is 0.354 e. The molecule has 0 heterocycles. The Labute approximate surface area is 215 Å². The molecule has 0 spiro atoms. The van der Waals surface area contributed by atoms with E-state index in [0.29, 0.717) is 33.6 Å². The van der Waals surface area contributed by atoms with E-state index in [2.05, 4.69) is 5.32 Å². The predicted octanol–water partition coefficient (Wildman–Crippen LogP) is 6.36. The maximum atomic E-state index is 13.7. The normalized spacial score (nSPS) is 11.6. The van der Waals surface area contributed by atoms with Crippen molar-refractivity contribution in [1.29, 1.82) is 0 Å². The lowest BCUT2D eigenvalue weighted by molar-refractivity contribution is -0.140. The first kappa shape index (κ1) is 26.1. The fourth-order valence-electron chi connectivity index (χ4n) is 3.66. The Morgan fingerprint density at radius 2 is 1.56 bits per heavy atom. The minimum Gasteiger partial charge on any atom is -0.354 e. The number of carbonyl (C=O) groups is 2. The Morgan fingerprint density at radius 3 is 2.24 bits per heavy atom. The van der Waals surface area contributed by atoms with Crippen LogP contribution in [-0.4, -0.2) is 29.3 Å². The lowest BCUT2D eigenvalue weighted by Crippen LogP contribution is -2.51. The summed E-state index contributed by atoms with van der Waals surface area (Å²) in [5.74, 6) is -0.398. The molecule has 0 radical (unpaired) electrons. The summed E-state index contributed by atoms with van der Waals surface area (Å²) in [4.78, 5) is 28.6. The van der Waals surface area contributed by atoms with Gasteiger partial charge in [-0.1, -0.05) is 96.3 Å². The van der Waals surface area contributed by atoms with Crippen molar-refractivity contribution in [2.45, 2.75) is 38.8 Å². The molecule has 3 aromatic carbocycles. The summed E-state index contributed by atoms with van der Waals surface area (Å²) in [5.41, 5.74) is 2.45. The molecule has 1 unspecified atom stereocenters. The molecule has 0 aliphatic carbocycles. The number of rotatable bonds is 10. The molecule has 0 fully saturated rings. The summed E-state index contributed by atoms with van der Waals surface area (Å²) in [6.07, 6.45) is 1.25. The van der Waals surface area contributed by atoms with Gasteiger partial charge in [0.25, 0.3) is 0 Å². The second-order valence-electron chi connectivity index (χ2n) is 8.03. The molecule has 0 saturated heterocycles. The summed E-state index contributed by atoms with van der Waals surface area (Å²) in [6.45, 7) is 2.73. The highest BCUT2D eigenvalue weighted by atomic mass is 35.5. The molecule has 0 aromatic heterocycles. The van der Waals surface area contributed by atoms with E-state index in [1.165, 1.54) is 0 Å². The highest BCUT2D eigenvalue weighted by Crippen LogP contribution is 2.25. The molecule has 4 nitrogen and oxygen atoms in total. The number of halogens is 3. The number of amides is 2. The number of nitrogens with one attached hydrogen (secondary N) is 1. The fraction of sp³-hybridized carbons (Fsp3) is 0.259. The summed E-state index contributed by atoms with van der Waals surface area (Å²) in [7, 11) is 0. The van der Waals surface area contributed by atoms with Gasteiger partial charge in [0, 0.05) is 24.5 Å². The first-order valence-electron chi connectivity index (χ1n) is 11.2. The topological polar surface area (TPSA) is 49.4 Å². The van der Waals surface area contributed by atoms with E-state index < -0.39 is 6.04 Å². The molecule has 0 aliphatic heterocycles. The van der Waals surface area contributed by atoms with Crippen LogP contribution in [0.25, 0.3) is 0 Å². The van der Waals surface area contributed by atoms with Crippen LogP contribution < -0.4 is 5.32 Å². The van der Waals surface area contributed by atoms with Gasteiger partial charge in [-0.2, -0.15) is 0 Å². The van der Waals surface area contributed by atoms with Crippen LogP contribution in [0.5, 0.6) is 0 Å². The molecular formula is C27H27Cl3N2O2. The van der Waals surface area contributed by atoms with Crippen LogP contribution in [0.3, 0.4) is 0 Å². The Kier molecular flexibility index (Phi) is 9.82. The zero-order valence-electron chi connectivity index (χ0n) is 18.9. The van der Waals surface area contributed by atoms with Crippen molar-refractivity contribution in [3.05, 3.63) is 105 Å². The van der Waals surface area contributed by atoms with Crippen LogP contribution >= 0.6 is 34.8 Å². The Bertz CT molecular complexity index is 1120. The molecule has 0 saturated carbocycles. The Hall–Kier alpha value is -2.53. The lowest BCUT2D eigenvalue weighted by atomic mass is 10.0. The zero-order chi connectivity index (χ0) is 24.5. The highest BCUT2D eigenvalue weighted by molar-refractivity contribution is 6.42. The van der Waals surface area contributed by atoms with E-state index in [1.54, 1.807) is 23.1 Å². The smallest absolute Gasteiger partial charge is 0.243 e. The van der Waals surface area contributed by atoms with Gasteiger partial charge in [0.1, 0.15) is 6.04 Å². The SMILES string of the molecule is CCCNC(=O)C(Cc1ccccc1)N(Cc1ccc(Cl)c(Cl)c1)C(=O)Cc1ccccc1Cl. The monoisotopic (exact) mass is 516 g/mol. The van der Waals surface area contributed by atoms with E-state index in [-0.39, 0.29) is 24.8 Å². The Morgan fingerprint density at radius 1 is 0.853 bits per heavy atom. The zero-order valence-corrected chi connectivity index (χ0v) is 21.2. The van der Waals surface area contributed by atoms with E-state index in [1.807, 2.05) is 61.5 Å². The standard InChI is InChI=1S/C27H27Cl3N2O2/c1-2-14-31-27(34)25(16-19-8-4-3-5-9-19)32(18-20-12-13-23(29)24(30)15-20)26(33)17-21-10-6-7-11-22(21)28/h3-13,15,25H,2,14,16-18H2,1H3,(H,31,34). The average molecular weight is 518 g/mol. The van der Waals surface area contributed by atoms with Crippen LogP contribution in [0.1, 0.15) is 30.0 Å². The number of hydrogen-bond donors (Lipinski definition) is 1. The first-order valence-corrected chi connectivity index (χ1v) is 12.3. The summed E-state index contributed by atoms with van der Waals surface area (Å²) in [5, 5.41) is 4.31. The maximum absolute atomic E-state index is 13.7. The van der Waals surface area contributed by atoms with Crippen molar-refractivity contribution < 1.29 is 9.59 Å². The van der Waals surface area contributed by atoms with Gasteiger partial charge < -0.3 is 10.2 Å². The van der Waals surface area contributed by atoms with Crippen LogP contribution in [0.4, 0.5) is 0 Å². The second-order valence-corrected chi connectivity index (χ2v) is 9.26. The third kappa shape index (κ3) is 7.23. The maximum Gasteiger partial charge on any atom is 0.243 e. The van der Waals surface area contributed by atoms with Gasteiger partial charge in [-0.25, -0.2) is 0 Å². The molecule has 178 valence electrons. The summed E-state index contributed by atoms with van der Waals surface area (Å²) < 4.78 is 0. The number of nitrogens with zero attached hydrogens (tertiary/aromatic N) is 1. The third-order valence-electron chi connectivity index (χ3n) is 5.46. The molecule has 3 rings (SSSR count). The van der Waals surface area contributed by atoms with E-state index in [9.17, 15) is 9.59 Å². The van der Waals surface area contributed by atoms with Gasteiger partial charge in [-0.15, -0.1) is 0 Å². The molecule has 0 bridgehead atoms.